The molecule has 1 aromatic rings. The maximum Gasteiger partial charge on any atom is 0.313 e. The Morgan fingerprint density at radius 2 is 2.17 bits per heavy atom. The molecule has 1 amide bonds. The Balaban J connectivity index is 3.01. The van der Waals surface area contributed by atoms with Crippen LogP contribution in [0.25, 0.3) is 0 Å². The molecule has 0 aliphatic carbocycles. The van der Waals surface area contributed by atoms with Gasteiger partial charge in [-0.3, -0.25) is 14.9 Å². The Hall–Kier alpha value is -1.34. The Morgan fingerprint density at radius 1 is 1.56 bits per heavy atom. The van der Waals surface area contributed by atoms with E-state index in [-0.39, 0.29) is 29.0 Å². The van der Waals surface area contributed by atoms with Crippen molar-refractivity contribution >= 4 is 39.1 Å². The molecule has 6 nitrogen and oxygen atoms in total. The molecule has 1 aromatic carbocycles. The monoisotopic (exact) mass is 336 g/mol. The largest absolute Gasteiger partial charge is 0.476 e. The minimum Gasteiger partial charge on any atom is -0.476 e. The summed E-state index contributed by atoms with van der Waals surface area (Å²) < 4.78 is 5.59. The molecule has 18 heavy (non-hydrogen) atoms. The van der Waals surface area contributed by atoms with Crippen LogP contribution in [0.5, 0.6) is 5.75 Å². The lowest BCUT2D eigenvalue weighted by Gasteiger charge is -2.12. The third kappa shape index (κ3) is 3.58. The quantitative estimate of drug-likeness (QED) is 0.625. The zero-order valence-corrected chi connectivity index (χ0v) is 12.0. The molecule has 1 rings (SSSR count). The van der Waals surface area contributed by atoms with Crippen LogP contribution in [0.3, 0.4) is 0 Å². The molecule has 0 fully saturated rings. The summed E-state index contributed by atoms with van der Waals surface area (Å²) in [4.78, 5) is 22.9. The van der Waals surface area contributed by atoms with Crippen molar-refractivity contribution in [3.05, 3.63) is 31.7 Å². The molecule has 0 bridgehead atoms. The summed E-state index contributed by atoms with van der Waals surface area (Å²) in [6.45, 7) is -0.310. The van der Waals surface area contributed by atoms with E-state index >= 15 is 0 Å². The number of ether oxygens (including phenoxy) is 1. The number of nitrogens with zero attached hydrogens (tertiary/aromatic N) is 2. The fourth-order valence-corrected chi connectivity index (χ4v) is 1.93. The first-order valence-electron chi connectivity index (χ1n) is 4.79. The predicted octanol–water partition coefficient (Wildman–Crippen LogP) is 2.48. The Labute approximate surface area is 117 Å². The lowest BCUT2D eigenvalue weighted by molar-refractivity contribution is -0.385. The molecule has 0 aliphatic rings. The zero-order chi connectivity index (χ0) is 13.9. The number of nitro groups is 1. The SMILES string of the molecule is CN(C)C(=O)COc1c(Cl)cc(Br)cc1[N+](=O)[O-]. The van der Waals surface area contributed by atoms with Crippen molar-refractivity contribution in [2.45, 2.75) is 0 Å². The smallest absolute Gasteiger partial charge is 0.313 e. The Bertz CT molecular complexity index is 493. The van der Waals surface area contributed by atoms with E-state index in [2.05, 4.69) is 15.9 Å². The number of hydrogen-bond acceptors (Lipinski definition) is 4. The van der Waals surface area contributed by atoms with Gasteiger partial charge in [0.1, 0.15) is 0 Å². The highest BCUT2D eigenvalue weighted by molar-refractivity contribution is 9.10. The molecular weight excluding hydrogens is 327 g/mol. The van der Waals surface area contributed by atoms with Crippen molar-refractivity contribution in [1.82, 2.24) is 4.90 Å². The van der Waals surface area contributed by atoms with Crippen LogP contribution in [-0.2, 0) is 4.79 Å². The summed E-state index contributed by atoms with van der Waals surface area (Å²) in [5.41, 5.74) is -0.291. The third-order valence-corrected chi connectivity index (χ3v) is 2.76. The number of likely N-dealkylation sites (N-methyl/N-ethyl adjacent to an activating group) is 1. The van der Waals surface area contributed by atoms with Crippen LogP contribution in [0.4, 0.5) is 5.69 Å². The molecule has 0 saturated heterocycles. The van der Waals surface area contributed by atoms with E-state index in [1.165, 1.54) is 17.0 Å². The highest BCUT2D eigenvalue weighted by Crippen LogP contribution is 2.37. The van der Waals surface area contributed by atoms with Crippen molar-refractivity contribution in [2.24, 2.45) is 0 Å². The van der Waals surface area contributed by atoms with Gasteiger partial charge in [-0.2, -0.15) is 0 Å². The van der Waals surface area contributed by atoms with E-state index in [1.54, 1.807) is 14.1 Å². The summed E-state index contributed by atoms with van der Waals surface area (Å²) in [6, 6.07) is 2.73. The van der Waals surface area contributed by atoms with Gasteiger partial charge in [0, 0.05) is 24.6 Å². The molecule has 0 radical (unpaired) electrons. The number of benzene rings is 1. The molecule has 0 saturated carbocycles. The first kappa shape index (κ1) is 14.7. The van der Waals surface area contributed by atoms with Crippen molar-refractivity contribution in [2.75, 3.05) is 20.7 Å². The summed E-state index contributed by atoms with van der Waals surface area (Å²) in [5, 5.41) is 10.9. The van der Waals surface area contributed by atoms with Gasteiger partial charge in [0.05, 0.1) is 9.95 Å². The number of rotatable bonds is 4. The van der Waals surface area contributed by atoms with Crippen molar-refractivity contribution in [1.29, 1.82) is 0 Å². The van der Waals surface area contributed by atoms with Crippen LogP contribution in [-0.4, -0.2) is 36.4 Å². The van der Waals surface area contributed by atoms with E-state index in [9.17, 15) is 14.9 Å². The van der Waals surface area contributed by atoms with Gasteiger partial charge >= 0.3 is 5.69 Å². The topological polar surface area (TPSA) is 72.7 Å². The van der Waals surface area contributed by atoms with E-state index in [1.807, 2.05) is 0 Å². The van der Waals surface area contributed by atoms with E-state index < -0.39 is 4.92 Å². The van der Waals surface area contributed by atoms with Crippen molar-refractivity contribution < 1.29 is 14.5 Å². The zero-order valence-electron chi connectivity index (χ0n) is 9.65. The standard InChI is InChI=1S/C10H10BrClN2O4/c1-13(2)9(15)5-18-10-7(12)3-6(11)4-8(10)14(16)17/h3-4H,5H2,1-2H3. The second kappa shape index (κ2) is 6.01. The molecule has 8 heteroatoms. The molecule has 0 aliphatic heterocycles. The van der Waals surface area contributed by atoms with Gasteiger partial charge in [0.15, 0.2) is 6.61 Å². The molecule has 98 valence electrons. The Morgan fingerprint density at radius 3 is 2.67 bits per heavy atom. The van der Waals surface area contributed by atoms with Crippen LogP contribution < -0.4 is 4.74 Å². The first-order chi connectivity index (χ1) is 8.32. The molecule has 0 spiro atoms. The van der Waals surface area contributed by atoms with E-state index in [4.69, 9.17) is 16.3 Å². The van der Waals surface area contributed by atoms with Gasteiger partial charge in [0.25, 0.3) is 5.91 Å². The molecule has 0 aromatic heterocycles. The normalized spacial score (nSPS) is 10.0. The molecular formula is C10H10BrClN2O4. The van der Waals surface area contributed by atoms with Crippen LogP contribution in [0.15, 0.2) is 16.6 Å². The lowest BCUT2D eigenvalue weighted by Crippen LogP contribution is -2.27. The number of carbonyl (C=O) groups is 1. The average molecular weight is 338 g/mol. The summed E-state index contributed by atoms with van der Waals surface area (Å²) in [5.74, 6) is -0.427. The fraction of sp³-hybridized carbons (Fsp3) is 0.300. The van der Waals surface area contributed by atoms with Gasteiger partial charge < -0.3 is 9.64 Å². The molecule has 0 unspecified atom stereocenters. The number of hydrogen-bond donors (Lipinski definition) is 0. The minimum absolute atomic E-state index is 0.0719. The maximum absolute atomic E-state index is 11.4. The second-order valence-electron chi connectivity index (χ2n) is 3.57. The highest BCUT2D eigenvalue weighted by Gasteiger charge is 2.21. The van der Waals surface area contributed by atoms with Crippen molar-refractivity contribution in [3.63, 3.8) is 0 Å². The molecule has 0 N–H and O–H groups in total. The van der Waals surface area contributed by atoms with Gasteiger partial charge in [-0.1, -0.05) is 27.5 Å². The summed E-state index contributed by atoms with van der Waals surface area (Å²) in [6.07, 6.45) is 0. The summed E-state index contributed by atoms with van der Waals surface area (Å²) >= 11 is 8.96. The number of nitro benzene ring substituents is 1. The number of amides is 1. The van der Waals surface area contributed by atoms with Gasteiger partial charge in [-0.25, -0.2) is 0 Å². The van der Waals surface area contributed by atoms with Gasteiger partial charge in [0.2, 0.25) is 5.75 Å². The minimum atomic E-state index is -0.619. The van der Waals surface area contributed by atoms with Gasteiger partial charge in [-0.05, 0) is 6.07 Å². The summed E-state index contributed by atoms with van der Waals surface area (Å²) in [7, 11) is 3.12. The van der Waals surface area contributed by atoms with Crippen LogP contribution in [0, 0.1) is 10.1 Å². The third-order valence-electron chi connectivity index (χ3n) is 2.02. The number of halogens is 2. The lowest BCUT2D eigenvalue weighted by atomic mass is 10.3. The maximum atomic E-state index is 11.4. The van der Waals surface area contributed by atoms with Crippen LogP contribution in [0.1, 0.15) is 0 Å². The number of carbonyl (C=O) groups excluding carboxylic acids is 1. The van der Waals surface area contributed by atoms with Crippen LogP contribution in [0.2, 0.25) is 5.02 Å². The first-order valence-corrected chi connectivity index (χ1v) is 5.96. The average Bonchev–Trinajstić information content (AvgIpc) is 2.26. The van der Waals surface area contributed by atoms with Crippen molar-refractivity contribution in [3.8, 4) is 5.75 Å². The fourth-order valence-electron chi connectivity index (χ4n) is 1.09. The van der Waals surface area contributed by atoms with Gasteiger partial charge in [-0.15, -0.1) is 0 Å². The van der Waals surface area contributed by atoms with Crippen LogP contribution >= 0.6 is 27.5 Å². The molecule has 0 heterocycles. The highest BCUT2D eigenvalue weighted by atomic mass is 79.9. The van der Waals surface area contributed by atoms with E-state index in [0.29, 0.717) is 4.47 Å². The molecule has 0 atom stereocenters. The second-order valence-corrected chi connectivity index (χ2v) is 4.89. The predicted molar refractivity (Wildman–Crippen MR) is 70.0 cm³/mol. The van der Waals surface area contributed by atoms with E-state index in [0.717, 1.165) is 0 Å². The Kier molecular flexibility index (Phi) is 4.92.